The van der Waals surface area contributed by atoms with Crippen molar-refractivity contribution < 1.29 is 14.5 Å². The van der Waals surface area contributed by atoms with Crippen LogP contribution in [0.1, 0.15) is 44.4 Å². The maximum atomic E-state index is 12.5. The lowest BCUT2D eigenvalue weighted by Gasteiger charge is -2.34. The summed E-state index contributed by atoms with van der Waals surface area (Å²) in [6.45, 7) is 5.95. The highest BCUT2D eigenvalue weighted by molar-refractivity contribution is 5.97. The molecule has 26 heavy (non-hydrogen) atoms. The number of nitro groups is 1. The Morgan fingerprint density at radius 2 is 1.88 bits per heavy atom. The van der Waals surface area contributed by atoms with E-state index in [9.17, 15) is 14.9 Å². The predicted molar refractivity (Wildman–Crippen MR) is 102 cm³/mol. The number of nitrogens with zero attached hydrogens (tertiary/aromatic N) is 2. The van der Waals surface area contributed by atoms with Gasteiger partial charge in [-0.2, -0.15) is 0 Å². The van der Waals surface area contributed by atoms with Crippen LogP contribution in [0.25, 0.3) is 0 Å². The highest BCUT2D eigenvalue weighted by Crippen LogP contribution is 2.37. The number of rotatable bonds is 4. The summed E-state index contributed by atoms with van der Waals surface area (Å²) in [5.74, 6) is 0.749. The van der Waals surface area contributed by atoms with Crippen LogP contribution in [0.4, 0.5) is 11.4 Å². The van der Waals surface area contributed by atoms with Gasteiger partial charge in [-0.3, -0.25) is 14.9 Å². The summed E-state index contributed by atoms with van der Waals surface area (Å²) >= 11 is 0. The molecule has 1 amide bonds. The van der Waals surface area contributed by atoms with Crippen molar-refractivity contribution in [2.24, 2.45) is 0 Å². The second-order valence-electron chi connectivity index (χ2n) is 5.79. The van der Waals surface area contributed by atoms with Crippen molar-refractivity contribution >= 4 is 17.3 Å². The number of hydrogen-bond acceptors (Lipinski definition) is 4. The number of anilines is 1. The standard InChI is InChI=1S/C18H18N2O4.C2H6/c1-12(13-4-3-5-16(11-13)24-2)19-17-8-7-15(20(22)23)10-14(17)6-9-18(19)21;1-2/h3-5,7-8,10-12H,6,9H2,1-2H3;1-2H3. The fourth-order valence-corrected chi connectivity index (χ4v) is 3.09. The first-order valence-electron chi connectivity index (χ1n) is 8.74. The molecule has 3 rings (SSSR count). The number of methoxy groups -OCH3 is 1. The van der Waals surface area contributed by atoms with E-state index >= 15 is 0 Å². The second-order valence-corrected chi connectivity index (χ2v) is 5.79. The molecule has 1 aliphatic heterocycles. The zero-order valence-corrected chi connectivity index (χ0v) is 15.6. The van der Waals surface area contributed by atoms with Crippen LogP contribution in [-0.4, -0.2) is 17.9 Å². The highest BCUT2D eigenvalue weighted by Gasteiger charge is 2.30. The molecule has 1 aliphatic rings. The van der Waals surface area contributed by atoms with Gasteiger partial charge in [0.15, 0.2) is 0 Å². The van der Waals surface area contributed by atoms with Crippen LogP contribution in [0.15, 0.2) is 42.5 Å². The number of aryl methyl sites for hydroxylation is 1. The maximum absolute atomic E-state index is 12.5. The van der Waals surface area contributed by atoms with Crippen molar-refractivity contribution in [2.75, 3.05) is 12.0 Å². The quantitative estimate of drug-likeness (QED) is 0.589. The van der Waals surface area contributed by atoms with Gasteiger partial charge in [-0.25, -0.2) is 0 Å². The molecule has 0 radical (unpaired) electrons. The fourth-order valence-electron chi connectivity index (χ4n) is 3.09. The van der Waals surface area contributed by atoms with Crippen LogP contribution in [0.2, 0.25) is 0 Å². The molecule has 0 saturated carbocycles. The monoisotopic (exact) mass is 356 g/mol. The molecule has 2 aromatic rings. The summed E-state index contributed by atoms with van der Waals surface area (Å²) in [7, 11) is 1.60. The molecule has 0 spiro atoms. The molecular formula is C20H24N2O4. The number of fused-ring (bicyclic) bond motifs is 1. The van der Waals surface area contributed by atoms with Crippen molar-refractivity contribution in [3.8, 4) is 5.75 Å². The molecule has 1 heterocycles. The largest absolute Gasteiger partial charge is 0.497 e. The number of hydrogen-bond donors (Lipinski definition) is 0. The average molecular weight is 356 g/mol. The predicted octanol–water partition coefficient (Wildman–Crippen LogP) is 4.67. The van der Waals surface area contributed by atoms with Crippen molar-refractivity contribution in [3.05, 3.63) is 63.7 Å². The smallest absolute Gasteiger partial charge is 0.269 e. The molecule has 0 saturated heterocycles. The third-order valence-corrected chi connectivity index (χ3v) is 4.37. The Morgan fingerprint density at radius 3 is 2.54 bits per heavy atom. The van der Waals surface area contributed by atoms with Crippen LogP contribution in [0, 0.1) is 10.1 Å². The van der Waals surface area contributed by atoms with E-state index in [1.54, 1.807) is 24.1 Å². The van der Waals surface area contributed by atoms with E-state index in [4.69, 9.17) is 4.74 Å². The molecule has 0 aromatic heterocycles. The van der Waals surface area contributed by atoms with Gasteiger partial charge >= 0.3 is 0 Å². The van der Waals surface area contributed by atoms with Crippen molar-refractivity contribution in [3.63, 3.8) is 0 Å². The summed E-state index contributed by atoms with van der Waals surface area (Å²) in [6, 6.07) is 12.1. The highest BCUT2D eigenvalue weighted by atomic mass is 16.6. The molecule has 1 atom stereocenters. The summed E-state index contributed by atoms with van der Waals surface area (Å²) < 4.78 is 5.25. The topological polar surface area (TPSA) is 72.7 Å². The van der Waals surface area contributed by atoms with Gasteiger partial charge in [0.2, 0.25) is 5.91 Å². The molecule has 0 N–H and O–H groups in total. The lowest BCUT2D eigenvalue weighted by Crippen LogP contribution is -2.37. The van der Waals surface area contributed by atoms with Gasteiger partial charge in [0.05, 0.1) is 18.1 Å². The van der Waals surface area contributed by atoms with Crippen LogP contribution < -0.4 is 9.64 Å². The maximum Gasteiger partial charge on any atom is 0.269 e. The number of amides is 1. The SMILES string of the molecule is CC.COc1cccc(C(C)N2C(=O)CCc3cc([N+](=O)[O-])ccc32)c1. The Bertz CT molecular complexity index is 804. The van der Waals surface area contributed by atoms with Crippen molar-refractivity contribution in [1.82, 2.24) is 0 Å². The minimum absolute atomic E-state index is 0.0201. The first kappa shape index (κ1) is 19.4. The zero-order valence-electron chi connectivity index (χ0n) is 15.6. The van der Waals surface area contributed by atoms with Crippen LogP contribution >= 0.6 is 0 Å². The van der Waals surface area contributed by atoms with Gasteiger partial charge in [-0.05, 0) is 42.7 Å². The normalized spacial score (nSPS) is 14.0. The average Bonchev–Trinajstić information content (AvgIpc) is 2.68. The summed E-state index contributed by atoms with van der Waals surface area (Å²) in [5, 5.41) is 11.0. The number of carbonyl (C=O) groups excluding carboxylic acids is 1. The lowest BCUT2D eigenvalue weighted by atomic mass is 9.96. The molecular weight excluding hydrogens is 332 g/mol. The van der Waals surface area contributed by atoms with Crippen LogP contribution in [0.3, 0.4) is 0 Å². The van der Waals surface area contributed by atoms with Gasteiger partial charge in [0.1, 0.15) is 5.75 Å². The minimum Gasteiger partial charge on any atom is -0.497 e. The number of nitro benzene ring substituents is 1. The van der Waals surface area contributed by atoms with E-state index in [0.717, 1.165) is 22.6 Å². The Labute approximate surface area is 153 Å². The molecule has 138 valence electrons. The van der Waals surface area contributed by atoms with Gasteiger partial charge in [0.25, 0.3) is 5.69 Å². The first-order chi connectivity index (χ1) is 12.5. The summed E-state index contributed by atoms with van der Waals surface area (Å²) in [6.07, 6.45) is 0.875. The third-order valence-electron chi connectivity index (χ3n) is 4.37. The van der Waals surface area contributed by atoms with E-state index in [-0.39, 0.29) is 17.6 Å². The van der Waals surface area contributed by atoms with Crippen LogP contribution in [-0.2, 0) is 11.2 Å². The number of non-ortho nitro benzene ring substituents is 1. The summed E-state index contributed by atoms with van der Waals surface area (Å²) in [4.78, 5) is 24.8. The Hall–Kier alpha value is -2.89. The first-order valence-corrected chi connectivity index (χ1v) is 8.74. The van der Waals surface area contributed by atoms with E-state index in [1.807, 2.05) is 45.0 Å². The van der Waals surface area contributed by atoms with E-state index < -0.39 is 4.92 Å². The summed E-state index contributed by atoms with van der Waals surface area (Å²) in [5.41, 5.74) is 2.58. The molecule has 1 unspecified atom stereocenters. The number of ether oxygens (including phenoxy) is 1. The van der Waals surface area contributed by atoms with Gasteiger partial charge in [0, 0.05) is 24.2 Å². The minimum atomic E-state index is -0.410. The van der Waals surface area contributed by atoms with Gasteiger partial charge in [-0.15, -0.1) is 0 Å². The Morgan fingerprint density at radius 1 is 1.15 bits per heavy atom. The fraction of sp³-hybridized carbons (Fsp3) is 0.350. The van der Waals surface area contributed by atoms with E-state index in [1.165, 1.54) is 6.07 Å². The van der Waals surface area contributed by atoms with Crippen molar-refractivity contribution in [1.29, 1.82) is 0 Å². The second kappa shape index (κ2) is 8.47. The van der Waals surface area contributed by atoms with E-state index in [2.05, 4.69) is 0 Å². The molecule has 0 aliphatic carbocycles. The van der Waals surface area contributed by atoms with Crippen molar-refractivity contribution in [2.45, 2.75) is 39.7 Å². The molecule has 6 heteroatoms. The Balaban J connectivity index is 0.00000117. The molecule has 0 bridgehead atoms. The molecule has 6 nitrogen and oxygen atoms in total. The molecule has 2 aromatic carbocycles. The number of benzene rings is 2. The Kier molecular flexibility index (Phi) is 6.33. The van der Waals surface area contributed by atoms with E-state index in [0.29, 0.717) is 12.8 Å². The van der Waals surface area contributed by atoms with Crippen LogP contribution in [0.5, 0.6) is 5.75 Å². The third kappa shape index (κ3) is 3.85. The lowest BCUT2D eigenvalue weighted by molar-refractivity contribution is -0.384. The number of carbonyl (C=O) groups is 1. The van der Waals surface area contributed by atoms with Gasteiger partial charge in [-0.1, -0.05) is 26.0 Å². The molecule has 0 fully saturated rings. The van der Waals surface area contributed by atoms with Gasteiger partial charge < -0.3 is 9.64 Å². The zero-order chi connectivity index (χ0) is 19.3.